The smallest absolute Gasteiger partial charge is 0.465 e. The molecule has 2 rings (SSSR count). The number of carbonyl (C=O) groups excluding carboxylic acids is 1. The van der Waals surface area contributed by atoms with Gasteiger partial charge in [-0.2, -0.15) is 21.6 Å². The Hall–Kier alpha value is -2.63. The Kier molecular flexibility index (Phi) is 5.26. The summed E-state index contributed by atoms with van der Waals surface area (Å²) in [4.78, 5) is 19.4. The van der Waals surface area contributed by atoms with Gasteiger partial charge in [0, 0.05) is 6.04 Å². The van der Waals surface area contributed by atoms with Crippen molar-refractivity contribution >= 4 is 32.9 Å². The van der Waals surface area contributed by atoms with Crippen molar-refractivity contribution in [2.24, 2.45) is 0 Å². The number of halogens is 3. The maximum Gasteiger partial charge on any atom is 0.534 e. The van der Waals surface area contributed by atoms with Crippen molar-refractivity contribution < 1.29 is 35.3 Å². The van der Waals surface area contributed by atoms with Gasteiger partial charge in [0.1, 0.15) is 0 Å². The minimum absolute atomic E-state index is 0.0272. The van der Waals surface area contributed by atoms with E-state index in [1.165, 1.54) is 25.3 Å². The van der Waals surface area contributed by atoms with E-state index in [0.29, 0.717) is 0 Å². The number of anilines is 1. The number of aromatic nitrogens is 2. The number of nitrogens with zero attached hydrogens (tertiary/aromatic N) is 2. The van der Waals surface area contributed by atoms with Gasteiger partial charge in [0.2, 0.25) is 0 Å². The van der Waals surface area contributed by atoms with Crippen molar-refractivity contribution in [3.05, 3.63) is 23.8 Å². The first-order valence-electron chi connectivity index (χ1n) is 7.12. The average Bonchev–Trinajstić information content (AvgIpc) is 2.52. The lowest BCUT2D eigenvalue weighted by Gasteiger charge is -2.15. The van der Waals surface area contributed by atoms with E-state index in [1.54, 1.807) is 13.8 Å². The highest BCUT2D eigenvalue weighted by Crippen LogP contribution is 2.31. The third-order valence-corrected chi connectivity index (χ3v) is 3.90. The molecule has 142 valence electrons. The zero-order chi connectivity index (χ0) is 19.7. The molecule has 0 aliphatic carbocycles. The number of hydrogen-bond donors (Lipinski definition) is 1. The van der Waals surface area contributed by atoms with Crippen LogP contribution in [0, 0.1) is 0 Å². The normalized spacial score (nSPS) is 12.3. The minimum Gasteiger partial charge on any atom is -0.465 e. The topological polar surface area (TPSA) is 107 Å². The molecular formula is C14H14F3N3O5S. The van der Waals surface area contributed by atoms with Crippen LogP contribution in [0.2, 0.25) is 0 Å². The van der Waals surface area contributed by atoms with Crippen molar-refractivity contribution in [3.8, 4) is 5.88 Å². The van der Waals surface area contributed by atoms with Crippen molar-refractivity contribution in [2.45, 2.75) is 25.4 Å². The van der Waals surface area contributed by atoms with Crippen LogP contribution >= 0.6 is 0 Å². The predicted molar refractivity (Wildman–Crippen MR) is 85.2 cm³/mol. The van der Waals surface area contributed by atoms with Crippen LogP contribution in [-0.4, -0.2) is 43.0 Å². The molecule has 1 aromatic heterocycles. The quantitative estimate of drug-likeness (QED) is 0.469. The molecule has 0 bridgehead atoms. The SMILES string of the molecule is COC(=O)c1ccc2nc(OS(=O)(=O)C(F)(F)F)c(NC(C)C)nc2c1. The molecule has 2 aromatic rings. The molecule has 0 spiro atoms. The van der Waals surface area contributed by atoms with Crippen molar-refractivity contribution in [2.75, 3.05) is 12.4 Å². The lowest BCUT2D eigenvalue weighted by Crippen LogP contribution is -2.29. The molecule has 0 aliphatic rings. The maximum absolute atomic E-state index is 12.6. The molecule has 12 heteroatoms. The van der Waals surface area contributed by atoms with E-state index in [9.17, 15) is 26.4 Å². The van der Waals surface area contributed by atoms with E-state index in [4.69, 9.17) is 0 Å². The van der Waals surface area contributed by atoms with Crippen LogP contribution in [0.1, 0.15) is 24.2 Å². The van der Waals surface area contributed by atoms with E-state index in [1.807, 2.05) is 0 Å². The van der Waals surface area contributed by atoms with Crippen molar-refractivity contribution in [1.29, 1.82) is 0 Å². The fraction of sp³-hybridized carbons (Fsp3) is 0.357. The molecule has 0 fully saturated rings. The van der Waals surface area contributed by atoms with Crippen LogP contribution in [0.5, 0.6) is 5.88 Å². The summed E-state index contributed by atoms with van der Waals surface area (Å²) in [5, 5.41) is 2.66. The highest BCUT2D eigenvalue weighted by atomic mass is 32.2. The number of fused-ring (bicyclic) bond motifs is 1. The summed E-state index contributed by atoms with van der Waals surface area (Å²) in [5.41, 5.74) is -5.32. The summed E-state index contributed by atoms with van der Waals surface area (Å²) < 4.78 is 69.0. The number of ether oxygens (including phenoxy) is 1. The second-order valence-electron chi connectivity index (χ2n) is 5.35. The second-order valence-corrected chi connectivity index (χ2v) is 6.89. The zero-order valence-corrected chi connectivity index (χ0v) is 14.6. The number of methoxy groups -OCH3 is 1. The Labute approximate surface area is 146 Å². The summed E-state index contributed by atoms with van der Waals surface area (Å²) in [5.74, 6) is -1.82. The number of carbonyl (C=O) groups is 1. The first-order chi connectivity index (χ1) is 11.9. The first kappa shape index (κ1) is 19.7. The molecule has 0 atom stereocenters. The largest absolute Gasteiger partial charge is 0.534 e. The zero-order valence-electron chi connectivity index (χ0n) is 13.8. The van der Waals surface area contributed by atoms with Crippen LogP contribution < -0.4 is 9.50 Å². The highest BCUT2D eigenvalue weighted by molar-refractivity contribution is 7.88. The third-order valence-electron chi connectivity index (χ3n) is 2.95. The van der Waals surface area contributed by atoms with Gasteiger partial charge in [-0.05, 0) is 32.0 Å². The van der Waals surface area contributed by atoms with Crippen molar-refractivity contribution in [1.82, 2.24) is 9.97 Å². The average molecular weight is 393 g/mol. The van der Waals surface area contributed by atoms with Gasteiger partial charge < -0.3 is 14.2 Å². The van der Waals surface area contributed by atoms with Crippen LogP contribution in [0.4, 0.5) is 19.0 Å². The molecule has 8 nitrogen and oxygen atoms in total. The summed E-state index contributed by atoms with van der Waals surface area (Å²) >= 11 is 0. The van der Waals surface area contributed by atoms with Gasteiger partial charge in [0.15, 0.2) is 5.82 Å². The van der Waals surface area contributed by atoms with Gasteiger partial charge in [-0.25, -0.2) is 14.8 Å². The molecule has 1 aromatic carbocycles. The monoisotopic (exact) mass is 393 g/mol. The standard InChI is InChI=1S/C14H14F3N3O5S/c1-7(2)18-11-12(25-26(22,23)14(15,16)17)20-9-5-4-8(13(21)24-3)6-10(9)19-11/h4-7H,1-3H3,(H,18,19). The predicted octanol–water partition coefficient (Wildman–Crippen LogP) is 2.47. The molecule has 1 N–H and O–H groups in total. The Morgan fingerprint density at radius 2 is 1.85 bits per heavy atom. The Morgan fingerprint density at radius 1 is 1.19 bits per heavy atom. The second kappa shape index (κ2) is 6.94. The fourth-order valence-corrected chi connectivity index (χ4v) is 2.28. The maximum atomic E-state index is 12.6. The lowest BCUT2D eigenvalue weighted by atomic mass is 10.2. The minimum atomic E-state index is -5.92. The van der Waals surface area contributed by atoms with Gasteiger partial charge in [-0.1, -0.05) is 0 Å². The van der Waals surface area contributed by atoms with E-state index >= 15 is 0 Å². The number of hydrogen-bond acceptors (Lipinski definition) is 8. The molecule has 0 amide bonds. The molecule has 0 aliphatic heterocycles. The van der Waals surface area contributed by atoms with Crippen LogP contribution in [0.3, 0.4) is 0 Å². The molecule has 0 radical (unpaired) electrons. The van der Waals surface area contributed by atoms with Crippen LogP contribution in [-0.2, 0) is 14.9 Å². The molecule has 26 heavy (non-hydrogen) atoms. The van der Waals surface area contributed by atoms with E-state index in [0.717, 1.165) is 0 Å². The Bertz CT molecular complexity index is 945. The summed E-state index contributed by atoms with van der Waals surface area (Å²) in [6.07, 6.45) is 0. The summed E-state index contributed by atoms with van der Waals surface area (Å²) in [6.45, 7) is 3.30. The van der Waals surface area contributed by atoms with Crippen molar-refractivity contribution in [3.63, 3.8) is 0 Å². The number of esters is 1. The first-order valence-corrected chi connectivity index (χ1v) is 8.53. The van der Waals surface area contributed by atoms with E-state index in [2.05, 4.69) is 24.2 Å². The Morgan fingerprint density at radius 3 is 2.38 bits per heavy atom. The Balaban J connectivity index is 2.60. The fourth-order valence-electron chi connectivity index (χ4n) is 1.86. The van der Waals surface area contributed by atoms with Gasteiger partial charge in [-0.15, -0.1) is 0 Å². The van der Waals surface area contributed by atoms with Crippen LogP contribution in [0.15, 0.2) is 18.2 Å². The number of nitrogens with one attached hydrogen (secondary N) is 1. The highest BCUT2D eigenvalue weighted by Gasteiger charge is 2.49. The molecule has 0 unspecified atom stereocenters. The molecule has 0 saturated heterocycles. The van der Waals surface area contributed by atoms with Gasteiger partial charge in [0.25, 0.3) is 5.88 Å². The molecule has 1 heterocycles. The lowest BCUT2D eigenvalue weighted by molar-refractivity contribution is -0.0501. The molecule has 0 saturated carbocycles. The van der Waals surface area contributed by atoms with Gasteiger partial charge in [-0.3, -0.25) is 0 Å². The summed E-state index contributed by atoms with van der Waals surface area (Å²) in [6, 6.07) is 3.57. The number of benzene rings is 1. The number of rotatable bonds is 5. The van der Waals surface area contributed by atoms with Gasteiger partial charge >= 0.3 is 21.6 Å². The summed E-state index contributed by atoms with van der Waals surface area (Å²) in [7, 11) is -4.74. The van der Waals surface area contributed by atoms with E-state index < -0.39 is 27.5 Å². The number of alkyl halides is 3. The third kappa shape index (κ3) is 4.12. The molecular weight excluding hydrogens is 379 g/mol. The van der Waals surface area contributed by atoms with E-state index in [-0.39, 0.29) is 28.5 Å². The van der Waals surface area contributed by atoms with Crippen LogP contribution in [0.25, 0.3) is 11.0 Å². The van der Waals surface area contributed by atoms with Gasteiger partial charge in [0.05, 0.1) is 23.7 Å².